The van der Waals surface area contributed by atoms with E-state index in [1.807, 2.05) is 0 Å². The van der Waals surface area contributed by atoms with E-state index in [0.717, 1.165) is 31.8 Å². The monoisotopic (exact) mass is 301 g/mol. The third-order valence-electron chi connectivity index (χ3n) is 4.46. The molecule has 2 fully saturated rings. The van der Waals surface area contributed by atoms with Gasteiger partial charge in [0.25, 0.3) is 0 Å². The summed E-state index contributed by atoms with van der Waals surface area (Å²) in [5, 5.41) is 0. The quantitative estimate of drug-likeness (QED) is 0.714. The highest BCUT2D eigenvalue weighted by Gasteiger charge is 2.29. The molecule has 0 bridgehead atoms. The Morgan fingerprint density at radius 2 is 1.71 bits per heavy atom. The largest absolute Gasteiger partial charge is 0.342 e. The van der Waals surface area contributed by atoms with Crippen LogP contribution in [0.3, 0.4) is 0 Å². The van der Waals surface area contributed by atoms with Gasteiger partial charge < -0.3 is 4.90 Å². The third-order valence-corrected chi connectivity index (χ3v) is 5.20. The molecule has 0 aromatic rings. The lowest BCUT2D eigenvalue weighted by molar-refractivity contribution is -0.138. The molecule has 1 atom stereocenters. The van der Waals surface area contributed by atoms with Crippen LogP contribution in [-0.4, -0.2) is 28.7 Å². The molecule has 0 aromatic carbocycles. The highest BCUT2D eigenvalue weighted by molar-refractivity contribution is 9.09. The van der Waals surface area contributed by atoms with E-state index >= 15 is 0 Å². The van der Waals surface area contributed by atoms with Gasteiger partial charge in [0.15, 0.2) is 0 Å². The molecule has 0 radical (unpaired) electrons. The van der Waals surface area contributed by atoms with Gasteiger partial charge in [0.05, 0.1) is 0 Å². The van der Waals surface area contributed by atoms with Gasteiger partial charge in [-0.05, 0) is 31.6 Å². The van der Waals surface area contributed by atoms with Crippen LogP contribution < -0.4 is 0 Å². The van der Waals surface area contributed by atoms with Crippen LogP contribution in [0.4, 0.5) is 0 Å². The maximum atomic E-state index is 12.3. The maximum absolute atomic E-state index is 12.3. The lowest BCUT2D eigenvalue weighted by atomic mass is 9.87. The molecule has 1 amide bonds. The molecule has 17 heavy (non-hydrogen) atoms. The molecule has 1 saturated heterocycles. The number of piperidine rings is 1. The van der Waals surface area contributed by atoms with E-state index in [2.05, 4.69) is 27.8 Å². The van der Waals surface area contributed by atoms with Gasteiger partial charge in [0.2, 0.25) is 5.91 Å². The summed E-state index contributed by atoms with van der Waals surface area (Å²) in [6.07, 6.45) is 8.44. The summed E-state index contributed by atoms with van der Waals surface area (Å²) in [6, 6.07) is 0. The van der Waals surface area contributed by atoms with Crippen LogP contribution in [0.5, 0.6) is 0 Å². The number of hydrogen-bond acceptors (Lipinski definition) is 1. The van der Waals surface area contributed by atoms with Gasteiger partial charge in [-0.25, -0.2) is 0 Å². The van der Waals surface area contributed by atoms with E-state index in [1.54, 1.807) is 0 Å². The molecule has 2 nitrogen and oxygen atoms in total. The molecule has 1 unspecified atom stereocenters. The van der Waals surface area contributed by atoms with E-state index < -0.39 is 0 Å². The van der Waals surface area contributed by atoms with Gasteiger partial charge in [0, 0.05) is 23.8 Å². The predicted molar refractivity (Wildman–Crippen MR) is 74.3 cm³/mol. The first kappa shape index (κ1) is 13.4. The fourth-order valence-corrected chi connectivity index (χ4v) is 3.72. The van der Waals surface area contributed by atoms with E-state index in [1.165, 1.54) is 32.1 Å². The van der Waals surface area contributed by atoms with Crippen LogP contribution in [-0.2, 0) is 4.79 Å². The molecule has 0 N–H and O–H groups in total. The van der Waals surface area contributed by atoms with Crippen molar-refractivity contribution in [1.82, 2.24) is 4.90 Å². The highest BCUT2D eigenvalue weighted by Crippen LogP contribution is 2.29. The summed E-state index contributed by atoms with van der Waals surface area (Å²) in [6.45, 7) is 4.19. The van der Waals surface area contributed by atoms with Gasteiger partial charge in [-0.2, -0.15) is 0 Å². The average molecular weight is 302 g/mol. The van der Waals surface area contributed by atoms with Crippen LogP contribution in [0.25, 0.3) is 0 Å². The number of hydrogen-bond donors (Lipinski definition) is 0. The lowest BCUT2D eigenvalue weighted by Gasteiger charge is -2.36. The Kier molecular flexibility index (Phi) is 4.89. The van der Waals surface area contributed by atoms with Crippen molar-refractivity contribution in [3.8, 4) is 0 Å². The third kappa shape index (κ3) is 3.46. The molecule has 2 aliphatic rings. The normalized spacial score (nSPS) is 25.9. The maximum Gasteiger partial charge on any atom is 0.225 e. The highest BCUT2D eigenvalue weighted by atomic mass is 79.9. The molecular weight excluding hydrogens is 278 g/mol. The van der Waals surface area contributed by atoms with Gasteiger partial charge in [-0.15, -0.1) is 0 Å². The second kappa shape index (κ2) is 6.21. The Bertz CT molecular complexity index is 253. The van der Waals surface area contributed by atoms with Crippen molar-refractivity contribution in [2.45, 2.75) is 56.7 Å². The molecule has 1 aliphatic carbocycles. The average Bonchev–Trinajstić information content (AvgIpc) is 2.39. The number of carbonyl (C=O) groups is 1. The lowest BCUT2D eigenvalue weighted by Crippen LogP contribution is -2.43. The Morgan fingerprint density at radius 3 is 2.24 bits per heavy atom. The summed E-state index contributed by atoms with van der Waals surface area (Å²) in [7, 11) is 0. The topological polar surface area (TPSA) is 20.3 Å². The number of halogens is 1. The fourth-order valence-electron chi connectivity index (χ4n) is 3.19. The van der Waals surface area contributed by atoms with E-state index in [0.29, 0.717) is 16.7 Å². The zero-order chi connectivity index (χ0) is 12.3. The summed E-state index contributed by atoms with van der Waals surface area (Å²) in [5.74, 6) is 1.55. The number of likely N-dealkylation sites (tertiary alicyclic amines) is 1. The van der Waals surface area contributed by atoms with Crippen molar-refractivity contribution >= 4 is 21.8 Å². The summed E-state index contributed by atoms with van der Waals surface area (Å²) in [5.41, 5.74) is 0. The van der Waals surface area contributed by atoms with Crippen molar-refractivity contribution in [3.05, 3.63) is 0 Å². The zero-order valence-corrected chi connectivity index (χ0v) is 12.4. The molecule has 1 heterocycles. The fraction of sp³-hybridized carbons (Fsp3) is 0.929. The first-order valence-corrected chi connectivity index (χ1v) is 8.03. The van der Waals surface area contributed by atoms with Crippen LogP contribution in [0.2, 0.25) is 0 Å². The molecule has 1 saturated carbocycles. The molecule has 3 heteroatoms. The SMILES string of the molecule is CC(Br)C1CCN(C(=O)C2CCCCC2)CC1. The minimum Gasteiger partial charge on any atom is -0.342 e. The van der Waals surface area contributed by atoms with E-state index in [-0.39, 0.29) is 0 Å². The number of carbonyl (C=O) groups excluding carboxylic acids is 1. The number of rotatable bonds is 2. The number of alkyl halides is 1. The molecule has 2 rings (SSSR count). The summed E-state index contributed by atoms with van der Waals surface area (Å²) in [4.78, 5) is 15.1. The minimum absolute atomic E-state index is 0.349. The Labute approximate surface area is 113 Å². The van der Waals surface area contributed by atoms with Gasteiger partial charge in [0.1, 0.15) is 0 Å². The van der Waals surface area contributed by atoms with Crippen LogP contribution in [0, 0.1) is 11.8 Å². The Hall–Kier alpha value is -0.0500. The van der Waals surface area contributed by atoms with E-state index in [4.69, 9.17) is 0 Å². The standard InChI is InChI=1S/C14H24BrNO/c1-11(15)12-7-9-16(10-8-12)14(17)13-5-3-2-4-6-13/h11-13H,2-10H2,1H3. The van der Waals surface area contributed by atoms with Gasteiger partial charge in [-0.1, -0.05) is 42.1 Å². The zero-order valence-electron chi connectivity index (χ0n) is 10.8. The van der Waals surface area contributed by atoms with Crippen LogP contribution >= 0.6 is 15.9 Å². The smallest absolute Gasteiger partial charge is 0.225 e. The summed E-state index contributed by atoms with van der Waals surface area (Å²) >= 11 is 3.67. The minimum atomic E-state index is 0.349. The first-order valence-electron chi connectivity index (χ1n) is 7.11. The van der Waals surface area contributed by atoms with Gasteiger partial charge >= 0.3 is 0 Å². The first-order chi connectivity index (χ1) is 8.18. The van der Waals surface area contributed by atoms with Crippen molar-refractivity contribution in [2.75, 3.05) is 13.1 Å². The predicted octanol–water partition coefficient (Wildman–Crippen LogP) is 3.59. The van der Waals surface area contributed by atoms with Crippen molar-refractivity contribution < 1.29 is 4.79 Å². The molecule has 1 aliphatic heterocycles. The van der Waals surface area contributed by atoms with Crippen molar-refractivity contribution in [3.63, 3.8) is 0 Å². The second-order valence-electron chi connectivity index (χ2n) is 5.68. The molecule has 98 valence electrons. The Balaban J connectivity index is 1.81. The second-order valence-corrected chi connectivity index (χ2v) is 7.12. The number of nitrogens with zero attached hydrogens (tertiary/aromatic N) is 1. The molecule has 0 spiro atoms. The Morgan fingerprint density at radius 1 is 1.12 bits per heavy atom. The van der Waals surface area contributed by atoms with Crippen LogP contribution in [0.15, 0.2) is 0 Å². The summed E-state index contributed by atoms with van der Waals surface area (Å²) < 4.78 is 0. The van der Waals surface area contributed by atoms with Gasteiger partial charge in [-0.3, -0.25) is 4.79 Å². The molecule has 0 aromatic heterocycles. The van der Waals surface area contributed by atoms with Crippen molar-refractivity contribution in [1.29, 1.82) is 0 Å². The van der Waals surface area contributed by atoms with E-state index in [9.17, 15) is 4.79 Å². The molecular formula is C14H24BrNO. The van der Waals surface area contributed by atoms with Crippen LogP contribution in [0.1, 0.15) is 51.9 Å². The van der Waals surface area contributed by atoms with Crippen molar-refractivity contribution in [2.24, 2.45) is 11.8 Å². The number of amides is 1.